The summed E-state index contributed by atoms with van der Waals surface area (Å²) in [5.74, 6) is 1.45. The quantitative estimate of drug-likeness (QED) is 0.725. The lowest BCUT2D eigenvalue weighted by atomic mass is 10.1. The van der Waals surface area contributed by atoms with Crippen LogP contribution in [0.15, 0.2) is 48.5 Å². The van der Waals surface area contributed by atoms with Gasteiger partial charge in [-0.3, -0.25) is 4.79 Å². The van der Waals surface area contributed by atoms with Gasteiger partial charge in [-0.15, -0.1) is 11.8 Å². The van der Waals surface area contributed by atoms with Gasteiger partial charge >= 0.3 is 0 Å². The normalized spacial score (nSPS) is 17.5. The molecule has 1 unspecified atom stereocenters. The van der Waals surface area contributed by atoms with E-state index in [-0.39, 0.29) is 12.0 Å². The van der Waals surface area contributed by atoms with Crippen LogP contribution in [0.4, 0.5) is 0 Å². The smallest absolute Gasteiger partial charge is 0.232 e. The van der Waals surface area contributed by atoms with Crippen molar-refractivity contribution < 1.29 is 9.53 Å². The molecule has 0 bridgehead atoms. The maximum atomic E-state index is 12.5. The van der Waals surface area contributed by atoms with E-state index in [0.29, 0.717) is 35.5 Å². The molecule has 1 aliphatic rings. The zero-order valence-electron chi connectivity index (χ0n) is 13.7. The molecule has 0 spiro atoms. The highest BCUT2D eigenvalue weighted by Gasteiger charge is 2.25. The highest BCUT2D eigenvalue weighted by molar-refractivity contribution is 7.99. The van der Waals surface area contributed by atoms with E-state index in [1.54, 1.807) is 17.8 Å². The molecule has 0 saturated carbocycles. The van der Waals surface area contributed by atoms with Crippen molar-refractivity contribution in [3.8, 4) is 0 Å². The van der Waals surface area contributed by atoms with Gasteiger partial charge in [0.2, 0.25) is 5.91 Å². The molecule has 1 saturated heterocycles. The minimum absolute atomic E-state index is 0.141. The standard InChI is InChI=1S/C19H19Cl2NO2S/c20-16-8-15(9-17(21)10-16)18-11-22(6-7-24-18)19(23)13-25-12-14-4-2-1-3-5-14/h1-5,8-10,18H,6-7,11-13H2. The average Bonchev–Trinajstić information content (AvgIpc) is 2.62. The van der Waals surface area contributed by atoms with Gasteiger partial charge < -0.3 is 9.64 Å². The molecule has 1 fully saturated rings. The van der Waals surface area contributed by atoms with Gasteiger partial charge in [0.05, 0.1) is 18.9 Å². The van der Waals surface area contributed by atoms with Crippen molar-refractivity contribution in [2.45, 2.75) is 11.9 Å². The number of carbonyl (C=O) groups excluding carboxylic acids is 1. The van der Waals surface area contributed by atoms with Gasteiger partial charge in [0.25, 0.3) is 0 Å². The summed E-state index contributed by atoms with van der Waals surface area (Å²) in [6.07, 6.45) is -0.187. The fourth-order valence-electron chi connectivity index (χ4n) is 2.76. The monoisotopic (exact) mass is 395 g/mol. The third kappa shape index (κ3) is 5.38. The number of ether oxygens (including phenoxy) is 1. The SMILES string of the molecule is O=C(CSCc1ccccc1)N1CCOC(c2cc(Cl)cc(Cl)c2)C1. The maximum Gasteiger partial charge on any atom is 0.232 e. The molecule has 0 aliphatic carbocycles. The lowest BCUT2D eigenvalue weighted by molar-refractivity contribution is -0.136. The van der Waals surface area contributed by atoms with E-state index in [2.05, 4.69) is 12.1 Å². The number of amides is 1. The zero-order chi connectivity index (χ0) is 17.6. The van der Waals surface area contributed by atoms with Crippen LogP contribution in [-0.2, 0) is 15.3 Å². The van der Waals surface area contributed by atoms with Crippen LogP contribution in [0, 0.1) is 0 Å². The molecule has 0 radical (unpaired) electrons. The maximum absolute atomic E-state index is 12.5. The number of carbonyl (C=O) groups is 1. The first kappa shape index (κ1) is 18.6. The molecule has 1 heterocycles. The van der Waals surface area contributed by atoms with Gasteiger partial charge in [0, 0.05) is 22.3 Å². The Morgan fingerprint density at radius 2 is 1.88 bits per heavy atom. The summed E-state index contributed by atoms with van der Waals surface area (Å²) in [6, 6.07) is 15.6. The molecule has 25 heavy (non-hydrogen) atoms. The van der Waals surface area contributed by atoms with Crippen LogP contribution in [0.25, 0.3) is 0 Å². The van der Waals surface area contributed by atoms with Crippen LogP contribution < -0.4 is 0 Å². The molecule has 2 aromatic carbocycles. The van der Waals surface area contributed by atoms with Gasteiger partial charge in [0.15, 0.2) is 0 Å². The summed E-state index contributed by atoms with van der Waals surface area (Å²) >= 11 is 13.8. The fraction of sp³-hybridized carbons (Fsp3) is 0.316. The minimum Gasteiger partial charge on any atom is -0.370 e. The van der Waals surface area contributed by atoms with E-state index in [1.807, 2.05) is 35.2 Å². The number of thioether (sulfide) groups is 1. The van der Waals surface area contributed by atoms with E-state index in [1.165, 1.54) is 5.56 Å². The van der Waals surface area contributed by atoms with Crippen molar-refractivity contribution in [1.82, 2.24) is 4.90 Å². The molecule has 3 rings (SSSR count). The van der Waals surface area contributed by atoms with Crippen LogP contribution in [0.1, 0.15) is 17.2 Å². The minimum atomic E-state index is -0.187. The Balaban J connectivity index is 1.54. The van der Waals surface area contributed by atoms with Crippen LogP contribution in [0.3, 0.4) is 0 Å². The second-order valence-corrected chi connectivity index (χ2v) is 7.74. The van der Waals surface area contributed by atoms with Crippen molar-refractivity contribution in [2.24, 2.45) is 0 Å². The molecule has 1 amide bonds. The second-order valence-electron chi connectivity index (χ2n) is 5.88. The molecule has 1 aliphatic heterocycles. The van der Waals surface area contributed by atoms with Gasteiger partial charge in [0.1, 0.15) is 6.10 Å². The number of hydrogen-bond acceptors (Lipinski definition) is 3. The highest BCUT2D eigenvalue weighted by atomic mass is 35.5. The van der Waals surface area contributed by atoms with Crippen molar-refractivity contribution in [1.29, 1.82) is 0 Å². The predicted molar refractivity (Wildman–Crippen MR) is 104 cm³/mol. The van der Waals surface area contributed by atoms with E-state index >= 15 is 0 Å². The van der Waals surface area contributed by atoms with Crippen LogP contribution in [0.2, 0.25) is 10.0 Å². The van der Waals surface area contributed by atoms with Crippen LogP contribution in [-0.4, -0.2) is 36.3 Å². The van der Waals surface area contributed by atoms with Crippen molar-refractivity contribution >= 4 is 40.9 Å². The fourth-order valence-corrected chi connectivity index (χ4v) is 4.19. The van der Waals surface area contributed by atoms with Crippen molar-refractivity contribution in [3.05, 3.63) is 69.7 Å². The number of halogens is 2. The number of morpholine rings is 1. The van der Waals surface area contributed by atoms with Crippen molar-refractivity contribution in [2.75, 3.05) is 25.4 Å². The third-order valence-corrected chi connectivity index (χ3v) is 5.44. The molecule has 3 nitrogen and oxygen atoms in total. The Hall–Kier alpha value is -1.20. The van der Waals surface area contributed by atoms with E-state index in [9.17, 15) is 4.79 Å². The molecular weight excluding hydrogens is 377 g/mol. The highest BCUT2D eigenvalue weighted by Crippen LogP contribution is 2.28. The van der Waals surface area contributed by atoms with Gasteiger partial charge in [-0.25, -0.2) is 0 Å². The number of benzene rings is 2. The molecular formula is C19H19Cl2NO2S. The lowest BCUT2D eigenvalue weighted by Gasteiger charge is -2.33. The Labute approximate surface area is 162 Å². The molecule has 0 aromatic heterocycles. The van der Waals surface area contributed by atoms with Crippen LogP contribution >= 0.6 is 35.0 Å². The Kier molecular flexibility index (Phi) is 6.65. The Morgan fingerprint density at radius 3 is 2.60 bits per heavy atom. The predicted octanol–water partition coefficient (Wildman–Crippen LogP) is 4.83. The number of rotatable bonds is 5. The van der Waals surface area contributed by atoms with E-state index < -0.39 is 0 Å². The number of hydrogen-bond donors (Lipinski definition) is 0. The molecule has 2 aromatic rings. The summed E-state index contributed by atoms with van der Waals surface area (Å²) in [5.41, 5.74) is 2.14. The van der Waals surface area contributed by atoms with Gasteiger partial charge in [-0.05, 0) is 29.3 Å². The summed E-state index contributed by atoms with van der Waals surface area (Å²) in [6.45, 7) is 1.67. The average molecular weight is 396 g/mol. The molecule has 1 atom stereocenters. The van der Waals surface area contributed by atoms with Crippen LogP contribution in [0.5, 0.6) is 0 Å². The van der Waals surface area contributed by atoms with E-state index in [0.717, 1.165) is 11.3 Å². The Bertz CT molecular complexity index is 706. The lowest BCUT2D eigenvalue weighted by Crippen LogP contribution is -2.43. The molecule has 0 N–H and O–H groups in total. The topological polar surface area (TPSA) is 29.5 Å². The van der Waals surface area contributed by atoms with Gasteiger partial charge in [-0.1, -0.05) is 53.5 Å². The number of nitrogens with zero attached hydrogens (tertiary/aromatic N) is 1. The summed E-state index contributed by atoms with van der Waals surface area (Å²) < 4.78 is 5.81. The van der Waals surface area contributed by atoms with Crippen molar-refractivity contribution in [3.63, 3.8) is 0 Å². The van der Waals surface area contributed by atoms with Gasteiger partial charge in [-0.2, -0.15) is 0 Å². The summed E-state index contributed by atoms with van der Waals surface area (Å²) in [5, 5.41) is 1.15. The summed E-state index contributed by atoms with van der Waals surface area (Å²) in [7, 11) is 0. The summed E-state index contributed by atoms with van der Waals surface area (Å²) in [4.78, 5) is 14.4. The second kappa shape index (κ2) is 8.95. The van der Waals surface area contributed by atoms with E-state index in [4.69, 9.17) is 27.9 Å². The Morgan fingerprint density at radius 1 is 1.16 bits per heavy atom. The molecule has 132 valence electrons. The third-order valence-electron chi connectivity index (χ3n) is 4.01. The first-order valence-corrected chi connectivity index (χ1v) is 10.00. The largest absolute Gasteiger partial charge is 0.370 e. The first-order chi connectivity index (χ1) is 12.1. The zero-order valence-corrected chi connectivity index (χ0v) is 16.0. The molecule has 6 heteroatoms. The first-order valence-electron chi connectivity index (χ1n) is 8.09.